The van der Waals surface area contributed by atoms with Crippen LogP contribution in [0.1, 0.15) is 55.4 Å². The fourth-order valence-electron chi connectivity index (χ4n) is 0.707. The quantitative estimate of drug-likeness (QED) is 0.674. The van der Waals surface area contributed by atoms with Gasteiger partial charge in [-0.15, -0.1) is 0 Å². The summed E-state index contributed by atoms with van der Waals surface area (Å²) < 4.78 is 0. The van der Waals surface area contributed by atoms with Gasteiger partial charge in [0.2, 0.25) is 0 Å². The minimum atomic E-state index is 0.238. The van der Waals surface area contributed by atoms with Crippen molar-refractivity contribution in [2.45, 2.75) is 60.9 Å². The van der Waals surface area contributed by atoms with Crippen molar-refractivity contribution < 1.29 is 0 Å². The van der Waals surface area contributed by atoms with Crippen LogP contribution in [0.5, 0.6) is 0 Å². The van der Waals surface area contributed by atoms with Crippen molar-refractivity contribution in [1.82, 2.24) is 5.32 Å². The summed E-state index contributed by atoms with van der Waals surface area (Å²) in [6.45, 7) is 18.5. The van der Waals surface area contributed by atoms with E-state index in [0.717, 1.165) is 6.54 Å². The third-order valence-corrected chi connectivity index (χ3v) is 2.49. The van der Waals surface area contributed by atoms with E-state index in [0.29, 0.717) is 5.41 Å². The molecule has 0 rings (SSSR count). The van der Waals surface area contributed by atoms with Gasteiger partial charge in [-0.2, -0.15) is 0 Å². The third kappa shape index (κ3) is 4.76. The molecular weight excluding hydrogens is 146 g/mol. The molecule has 0 atom stereocenters. The maximum atomic E-state index is 3.46. The first-order valence-corrected chi connectivity index (χ1v) is 5.06. The SMILES string of the molecule is CC.CCNC(C)(C)C(C)(C)C. The minimum absolute atomic E-state index is 0.238. The predicted molar refractivity (Wildman–Crippen MR) is 58.6 cm³/mol. The summed E-state index contributed by atoms with van der Waals surface area (Å²) in [6.07, 6.45) is 0. The van der Waals surface area contributed by atoms with Gasteiger partial charge in [0, 0.05) is 5.54 Å². The second kappa shape index (κ2) is 5.58. The molecule has 0 aliphatic rings. The molecule has 0 saturated carbocycles. The molecule has 0 aromatic heterocycles. The van der Waals surface area contributed by atoms with Crippen molar-refractivity contribution in [1.29, 1.82) is 0 Å². The number of hydrogen-bond acceptors (Lipinski definition) is 1. The molecule has 0 fully saturated rings. The lowest BCUT2D eigenvalue weighted by Gasteiger charge is -2.39. The molecule has 0 unspecified atom stereocenters. The average Bonchev–Trinajstić information content (AvgIpc) is 1.89. The first-order chi connectivity index (χ1) is 5.31. The van der Waals surface area contributed by atoms with E-state index in [-0.39, 0.29) is 5.54 Å². The molecule has 0 radical (unpaired) electrons. The maximum Gasteiger partial charge on any atom is 0.0173 e. The molecule has 0 heterocycles. The minimum Gasteiger partial charge on any atom is -0.312 e. The van der Waals surface area contributed by atoms with Crippen LogP contribution in [-0.2, 0) is 0 Å². The summed E-state index contributed by atoms with van der Waals surface area (Å²) in [5.41, 5.74) is 0.574. The second-order valence-electron chi connectivity index (χ2n) is 4.41. The molecular formula is C11H27N. The molecule has 0 saturated heterocycles. The van der Waals surface area contributed by atoms with E-state index in [1.807, 2.05) is 13.8 Å². The zero-order valence-electron chi connectivity index (χ0n) is 10.2. The van der Waals surface area contributed by atoms with Gasteiger partial charge in [-0.1, -0.05) is 41.5 Å². The van der Waals surface area contributed by atoms with Crippen LogP contribution >= 0.6 is 0 Å². The molecule has 0 aromatic carbocycles. The third-order valence-electron chi connectivity index (χ3n) is 2.49. The number of hydrogen-bond donors (Lipinski definition) is 1. The van der Waals surface area contributed by atoms with Crippen LogP contribution < -0.4 is 5.32 Å². The standard InChI is InChI=1S/C9H21N.C2H6/c1-7-10-9(5,6)8(2,3)4;1-2/h10H,7H2,1-6H3;1-2H3. The van der Waals surface area contributed by atoms with E-state index < -0.39 is 0 Å². The van der Waals surface area contributed by atoms with Crippen LogP contribution in [0.4, 0.5) is 0 Å². The highest BCUT2D eigenvalue weighted by molar-refractivity contribution is 4.89. The molecule has 1 heteroatoms. The monoisotopic (exact) mass is 173 g/mol. The van der Waals surface area contributed by atoms with Gasteiger partial charge in [-0.05, 0) is 25.8 Å². The van der Waals surface area contributed by atoms with E-state index in [4.69, 9.17) is 0 Å². The molecule has 12 heavy (non-hydrogen) atoms. The van der Waals surface area contributed by atoms with Gasteiger partial charge in [0.05, 0.1) is 0 Å². The summed E-state index contributed by atoms with van der Waals surface area (Å²) in [4.78, 5) is 0. The topological polar surface area (TPSA) is 12.0 Å². The van der Waals surface area contributed by atoms with E-state index >= 15 is 0 Å². The summed E-state index contributed by atoms with van der Waals surface area (Å²) in [7, 11) is 0. The Bertz CT molecular complexity index is 98.1. The zero-order valence-corrected chi connectivity index (χ0v) is 10.2. The Labute approximate surface area is 78.9 Å². The van der Waals surface area contributed by atoms with Gasteiger partial charge in [0.25, 0.3) is 0 Å². The van der Waals surface area contributed by atoms with Crippen molar-refractivity contribution in [3.8, 4) is 0 Å². The second-order valence-corrected chi connectivity index (χ2v) is 4.41. The molecule has 0 spiro atoms. The largest absolute Gasteiger partial charge is 0.312 e. The molecule has 1 nitrogen and oxygen atoms in total. The molecule has 76 valence electrons. The fourth-order valence-corrected chi connectivity index (χ4v) is 0.707. The first kappa shape index (κ1) is 14.5. The smallest absolute Gasteiger partial charge is 0.0173 e. The highest BCUT2D eigenvalue weighted by Crippen LogP contribution is 2.28. The number of rotatable bonds is 2. The summed E-state index contributed by atoms with van der Waals surface area (Å²) in [5, 5.41) is 3.46. The van der Waals surface area contributed by atoms with Crippen LogP contribution in [0.2, 0.25) is 0 Å². The van der Waals surface area contributed by atoms with Gasteiger partial charge in [0.1, 0.15) is 0 Å². The Hall–Kier alpha value is -0.0400. The van der Waals surface area contributed by atoms with Crippen LogP contribution in [0, 0.1) is 5.41 Å². The van der Waals surface area contributed by atoms with E-state index in [1.54, 1.807) is 0 Å². The highest BCUT2D eigenvalue weighted by atomic mass is 15.0. The lowest BCUT2D eigenvalue weighted by Crippen LogP contribution is -2.49. The Morgan fingerprint density at radius 2 is 1.25 bits per heavy atom. The zero-order chi connectivity index (χ0) is 10.4. The first-order valence-electron chi connectivity index (χ1n) is 5.06. The van der Waals surface area contributed by atoms with E-state index in [1.165, 1.54) is 0 Å². The highest BCUT2D eigenvalue weighted by Gasteiger charge is 2.31. The van der Waals surface area contributed by atoms with Gasteiger partial charge < -0.3 is 5.32 Å². The lowest BCUT2D eigenvalue weighted by molar-refractivity contribution is 0.180. The van der Waals surface area contributed by atoms with Crippen molar-refractivity contribution in [2.24, 2.45) is 5.41 Å². The van der Waals surface area contributed by atoms with Crippen molar-refractivity contribution in [3.05, 3.63) is 0 Å². The summed E-state index contributed by atoms with van der Waals surface area (Å²) >= 11 is 0. The maximum absolute atomic E-state index is 3.46. The van der Waals surface area contributed by atoms with Gasteiger partial charge in [-0.3, -0.25) is 0 Å². The molecule has 0 aliphatic heterocycles. The fraction of sp³-hybridized carbons (Fsp3) is 1.00. The predicted octanol–water partition coefficient (Wildman–Crippen LogP) is 3.45. The normalized spacial score (nSPS) is 12.0. The Balaban J connectivity index is 0. The van der Waals surface area contributed by atoms with Crippen LogP contribution in [-0.4, -0.2) is 12.1 Å². The lowest BCUT2D eigenvalue weighted by atomic mass is 9.76. The van der Waals surface area contributed by atoms with Gasteiger partial charge in [0.15, 0.2) is 0 Å². The Kier molecular flexibility index (Phi) is 6.73. The van der Waals surface area contributed by atoms with Gasteiger partial charge in [-0.25, -0.2) is 0 Å². The van der Waals surface area contributed by atoms with Crippen molar-refractivity contribution >= 4 is 0 Å². The van der Waals surface area contributed by atoms with Crippen LogP contribution in [0.15, 0.2) is 0 Å². The van der Waals surface area contributed by atoms with Gasteiger partial charge >= 0.3 is 0 Å². The summed E-state index contributed by atoms with van der Waals surface area (Å²) in [6, 6.07) is 0. The summed E-state index contributed by atoms with van der Waals surface area (Å²) in [5.74, 6) is 0. The average molecular weight is 173 g/mol. The molecule has 0 aromatic rings. The van der Waals surface area contributed by atoms with E-state index in [9.17, 15) is 0 Å². The Morgan fingerprint density at radius 1 is 0.917 bits per heavy atom. The number of nitrogens with one attached hydrogen (secondary N) is 1. The molecule has 0 amide bonds. The van der Waals surface area contributed by atoms with Crippen LogP contribution in [0.25, 0.3) is 0 Å². The molecule has 1 N–H and O–H groups in total. The van der Waals surface area contributed by atoms with Crippen LogP contribution in [0.3, 0.4) is 0 Å². The molecule has 0 bridgehead atoms. The van der Waals surface area contributed by atoms with Crippen molar-refractivity contribution in [3.63, 3.8) is 0 Å². The Morgan fingerprint density at radius 3 is 1.33 bits per heavy atom. The molecule has 0 aliphatic carbocycles. The van der Waals surface area contributed by atoms with Crippen molar-refractivity contribution in [2.75, 3.05) is 6.54 Å². The van der Waals surface area contributed by atoms with E-state index in [2.05, 4.69) is 46.9 Å².